The maximum Gasteiger partial charge on any atom is 0.229 e. The molecule has 0 spiro atoms. The van der Waals surface area contributed by atoms with Crippen molar-refractivity contribution >= 4 is 17.5 Å². The van der Waals surface area contributed by atoms with E-state index in [-0.39, 0.29) is 5.69 Å². The van der Waals surface area contributed by atoms with Gasteiger partial charge >= 0.3 is 0 Å². The molecule has 0 fully saturated rings. The molecule has 140 valence electrons. The minimum absolute atomic E-state index is 0.144. The highest BCUT2D eigenvalue weighted by Crippen LogP contribution is 2.27. The average molecular weight is 369 g/mol. The molecule has 1 aliphatic heterocycles. The molecular formula is C18H20FN7O. The van der Waals surface area contributed by atoms with E-state index in [9.17, 15) is 4.39 Å². The molecule has 0 saturated heterocycles. The molecule has 1 aromatic carbocycles. The largest absolute Gasteiger partial charge is 0.461 e. The Balaban J connectivity index is 1.46. The number of furan rings is 1. The van der Waals surface area contributed by atoms with Gasteiger partial charge in [-0.2, -0.15) is 9.67 Å². The number of hydrogen-bond donors (Lipinski definition) is 4. The molecule has 0 bridgehead atoms. The smallest absolute Gasteiger partial charge is 0.229 e. The normalized spacial score (nSPS) is 18.7. The zero-order valence-electron chi connectivity index (χ0n) is 14.5. The monoisotopic (exact) mass is 369 g/mol. The molecular weight excluding hydrogens is 349 g/mol. The van der Waals surface area contributed by atoms with Gasteiger partial charge in [-0.05, 0) is 55.2 Å². The third-order valence-corrected chi connectivity index (χ3v) is 4.46. The quantitative estimate of drug-likeness (QED) is 0.506. The Bertz CT molecular complexity index is 995. The highest BCUT2D eigenvalue weighted by atomic mass is 19.1. The van der Waals surface area contributed by atoms with Crippen LogP contribution in [0.15, 0.2) is 47.1 Å². The molecule has 3 aromatic rings. The van der Waals surface area contributed by atoms with Crippen molar-refractivity contribution in [1.82, 2.24) is 14.8 Å². The standard InChI is InChI=1S/C18H20FN7O/c19-12-9-11(5-6-13(12)20)3-1-7-18(22)10-15(21)26-17(24-18)23-16(25-26)14-4-2-8-27-14/h2,4-6,8-10H,1,3,7,20-22H2,(H,23,24,25). The van der Waals surface area contributed by atoms with Crippen LogP contribution in [0.5, 0.6) is 0 Å². The number of aryl methyl sites for hydroxylation is 1. The average Bonchev–Trinajstić information content (AvgIpc) is 3.27. The van der Waals surface area contributed by atoms with Gasteiger partial charge in [-0.3, -0.25) is 0 Å². The number of halogens is 1. The lowest BCUT2D eigenvalue weighted by Crippen LogP contribution is -2.49. The summed E-state index contributed by atoms with van der Waals surface area (Å²) >= 11 is 0. The first-order valence-electron chi connectivity index (χ1n) is 8.54. The first-order chi connectivity index (χ1) is 12.9. The summed E-state index contributed by atoms with van der Waals surface area (Å²) < 4.78 is 20.4. The van der Waals surface area contributed by atoms with Gasteiger partial charge in [0.25, 0.3) is 0 Å². The van der Waals surface area contributed by atoms with Gasteiger partial charge in [0, 0.05) is 0 Å². The maximum atomic E-state index is 13.6. The molecule has 0 saturated carbocycles. The summed E-state index contributed by atoms with van der Waals surface area (Å²) in [5, 5.41) is 7.50. The van der Waals surface area contributed by atoms with Crippen molar-refractivity contribution in [2.75, 3.05) is 11.1 Å². The Kier molecular flexibility index (Phi) is 4.08. The first-order valence-corrected chi connectivity index (χ1v) is 8.54. The zero-order chi connectivity index (χ0) is 19.0. The number of nitrogen functional groups attached to an aromatic ring is 1. The predicted molar refractivity (Wildman–Crippen MR) is 100 cm³/mol. The number of aromatic nitrogens is 3. The molecule has 27 heavy (non-hydrogen) atoms. The number of nitrogens with two attached hydrogens (primary N) is 3. The minimum atomic E-state index is -0.875. The molecule has 0 radical (unpaired) electrons. The van der Waals surface area contributed by atoms with E-state index in [1.54, 1.807) is 30.5 Å². The number of hydrogen-bond acceptors (Lipinski definition) is 7. The van der Waals surface area contributed by atoms with Gasteiger partial charge in [-0.25, -0.2) is 4.39 Å². The molecule has 3 heterocycles. The summed E-state index contributed by atoms with van der Waals surface area (Å²) in [4.78, 5) is 4.41. The van der Waals surface area contributed by atoms with E-state index < -0.39 is 11.5 Å². The van der Waals surface area contributed by atoms with Crippen molar-refractivity contribution in [3.05, 3.63) is 54.1 Å². The predicted octanol–water partition coefficient (Wildman–Crippen LogP) is 2.12. The topological polar surface area (TPSA) is 134 Å². The third-order valence-electron chi connectivity index (χ3n) is 4.46. The maximum absolute atomic E-state index is 13.6. The Morgan fingerprint density at radius 2 is 2.11 bits per heavy atom. The molecule has 1 unspecified atom stereocenters. The molecule has 8 nitrogen and oxygen atoms in total. The highest BCUT2D eigenvalue weighted by Gasteiger charge is 2.31. The van der Waals surface area contributed by atoms with Crippen molar-refractivity contribution < 1.29 is 8.81 Å². The second-order valence-electron chi connectivity index (χ2n) is 6.59. The lowest BCUT2D eigenvalue weighted by molar-refractivity contribution is 0.508. The summed E-state index contributed by atoms with van der Waals surface area (Å²) in [6, 6.07) is 8.35. The van der Waals surface area contributed by atoms with Crippen LogP contribution in [0.2, 0.25) is 0 Å². The van der Waals surface area contributed by atoms with Crippen LogP contribution in [0.4, 0.5) is 16.0 Å². The van der Waals surface area contributed by atoms with Crippen LogP contribution >= 0.6 is 0 Å². The molecule has 2 aromatic heterocycles. The van der Waals surface area contributed by atoms with Crippen molar-refractivity contribution in [1.29, 1.82) is 0 Å². The fourth-order valence-electron chi connectivity index (χ4n) is 3.10. The first kappa shape index (κ1) is 17.1. The fraction of sp³-hybridized carbons (Fsp3) is 0.222. The van der Waals surface area contributed by atoms with Crippen LogP contribution in [0.3, 0.4) is 0 Å². The van der Waals surface area contributed by atoms with Crippen LogP contribution in [0.25, 0.3) is 17.4 Å². The molecule has 1 atom stereocenters. The van der Waals surface area contributed by atoms with Gasteiger partial charge in [0.1, 0.15) is 17.3 Å². The number of anilines is 2. The fourth-order valence-corrected chi connectivity index (χ4v) is 3.10. The Morgan fingerprint density at radius 1 is 1.26 bits per heavy atom. The Morgan fingerprint density at radius 3 is 2.85 bits per heavy atom. The SMILES string of the molecule is NC1=CC(N)(CCCc2ccc(N)c(F)c2)Nc2nc(-c3ccco3)nn21. The van der Waals surface area contributed by atoms with Crippen LogP contribution in [-0.2, 0) is 6.42 Å². The van der Waals surface area contributed by atoms with Gasteiger partial charge < -0.3 is 26.9 Å². The molecule has 0 amide bonds. The van der Waals surface area contributed by atoms with Gasteiger partial charge in [0.15, 0.2) is 5.76 Å². The minimum Gasteiger partial charge on any atom is -0.461 e. The van der Waals surface area contributed by atoms with E-state index in [0.29, 0.717) is 36.2 Å². The number of nitrogens with zero attached hydrogens (tertiary/aromatic N) is 3. The van der Waals surface area contributed by atoms with Crippen LogP contribution in [-0.4, -0.2) is 20.4 Å². The molecule has 1 aliphatic rings. The number of fused-ring (bicyclic) bond motifs is 1. The molecule has 9 heteroatoms. The van der Waals surface area contributed by atoms with E-state index in [1.807, 2.05) is 6.07 Å². The van der Waals surface area contributed by atoms with Gasteiger partial charge in [0.2, 0.25) is 11.8 Å². The van der Waals surface area contributed by atoms with E-state index in [4.69, 9.17) is 21.6 Å². The highest BCUT2D eigenvalue weighted by molar-refractivity contribution is 5.60. The number of benzene rings is 1. The van der Waals surface area contributed by atoms with E-state index in [1.165, 1.54) is 10.7 Å². The second-order valence-corrected chi connectivity index (χ2v) is 6.59. The van der Waals surface area contributed by atoms with Crippen molar-refractivity contribution in [2.45, 2.75) is 24.9 Å². The second kappa shape index (κ2) is 6.44. The van der Waals surface area contributed by atoms with Crippen LogP contribution in [0.1, 0.15) is 18.4 Å². The summed E-state index contributed by atoms with van der Waals surface area (Å²) in [7, 11) is 0. The number of rotatable bonds is 5. The lowest BCUT2D eigenvalue weighted by Gasteiger charge is -2.31. The van der Waals surface area contributed by atoms with Gasteiger partial charge in [0.05, 0.1) is 12.0 Å². The lowest BCUT2D eigenvalue weighted by atomic mass is 9.99. The third kappa shape index (κ3) is 3.36. The Labute approximate surface area is 154 Å². The zero-order valence-corrected chi connectivity index (χ0v) is 14.5. The van der Waals surface area contributed by atoms with Gasteiger partial charge in [-0.15, -0.1) is 5.10 Å². The van der Waals surface area contributed by atoms with Crippen LogP contribution < -0.4 is 22.5 Å². The van der Waals surface area contributed by atoms with Crippen LogP contribution in [0, 0.1) is 5.82 Å². The molecule has 4 rings (SSSR count). The van der Waals surface area contributed by atoms with Crippen molar-refractivity contribution in [2.24, 2.45) is 11.5 Å². The molecule has 7 N–H and O–H groups in total. The summed E-state index contributed by atoms with van der Waals surface area (Å²) in [5.41, 5.74) is 18.2. The number of nitrogens with one attached hydrogen (secondary N) is 1. The summed E-state index contributed by atoms with van der Waals surface area (Å²) in [6.07, 6.45) is 5.22. The van der Waals surface area contributed by atoms with E-state index >= 15 is 0 Å². The van der Waals surface area contributed by atoms with E-state index in [2.05, 4.69) is 15.4 Å². The summed E-state index contributed by atoms with van der Waals surface area (Å²) in [5.74, 6) is 1.38. The summed E-state index contributed by atoms with van der Waals surface area (Å²) in [6.45, 7) is 0. The van der Waals surface area contributed by atoms with Crippen molar-refractivity contribution in [3.8, 4) is 11.6 Å². The van der Waals surface area contributed by atoms with E-state index in [0.717, 1.165) is 12.0 Å². The molecule has 0 aliphatic carbocycles. The van der Waals surface area contributed by atoms with Crippen molar-refractivity contribution in [3.63, 3.8) is 0 Å². The van der Waals surface area contributed by atoms with Gasteiger partial charge in [-0.1, -0.05) is 6.07 Å². The Hall–Kier alpha value is -3.33.